The van der Waals surface area contributed by atoms with Crippen LogP contribution in [0.2, 0.25) is 0 Å². The Labute approximate surface area is 202 Å². The van der Waals surface area contributed by atoms with Gasteiger partial charge in [-0.3, -0.25) is 9.78 Å². The van der Waals surface area contributed by atoms with Gasteiger partial charge in [0.25, 0.3) is 0 Å². The molecule has 1 aliphatic rings. The highest BCUT2D eigenvalue weighted by molar-refractivity contribution is 7.89. The molecule has 3 aromatic rings. The first-order valence-electron chi connectivity index (χ1n) is 11.7. The van der Waals surface area contributed by atoms with Gasteiger partial charge in [-0.1, -0.05) is 56.3 Å². The van der Waals surface area contributed by atoms with Gasteiger partial charge in [-0.25, -0.2) is 8.42 Å². The monoisotopic (exact) mass is 477 g/mol. The summed E-state index contributed by atoms with van der Waals surface area (Å²) in [4.78, 5) is 17.6. The van der Waals surface area contributed by atoms with Gasteiger partial charge in [0.05, 0.1) is 10.9 Å². The average Bonchev–Trinajstić information content (AvgIpc) is 2.88. The number of rotatable bonds is 7. The van der Waals surface area contributed by atoms with Gasteiger partial charge in [0.2, 0.25) is 15.9 Å². The first-order valence-corrected chi connectivity index (χ1v) is 13.2. The molecule has 1 atom stereocenters. The minimum atomic E-state index is -3.57. The van der Waals surface area contributed by atoms with Gasteiger partial charge in [-0.15, -0.1) is 0 Å². The van der Waals surface area contributed by atoms with Gasteiger partial charge in [0.1, 0.15) is 0 Å². The molecule has 4 rings (SSSR count). The number of carbonyl (C=O) groups is 1. The Morgan fingerprint density at radius 1 is 0.882 bits per heavy atom. The van der Waals surface area contributed by atoms with Crippen molar-refractivity contribution < 1.29 is 13.2 Å². The highest BCUT2D eigenvalue weighted by Crippen LogP contribution is 2.27. The molecule has 178 valence electrons. The molecule has 0 aliphatic carbocycles. The lowest BCUT2D eigenvalue weighted by molar-refractivity contribution is -0.126. The topological polar surface area (TPSA) is 79.4 Å². The summed E-state index contributed by atoms with van der Waals surface area (Å²) < 4.78 is 27.7. The third kappa shape index (κ3) is 5.37. The van der Waals surface area contributed by atoms with Crippen LogP contribution in [-0.2, 0) is 14.8 Å². The molecule has 0 radical (unpaired) electrons. The van der Waals surface area contributed by atoms with Gasteiger partial charge in [-0.05, 0) is 59.7 Å². The van der Waals surface area contributed by atoms with E-state index in [1.54, 1.807) is 24.5 Å². The summed E-state index contributed by atoms with van der Waals surface area (Å²) in [5.74, 6) is 0.0599. The first kappa shape index (κ1) is 24.1. The molecule has 1 fully saturated rings. The van der Waals surface area contributed by atoms with Crippen LogP contribution in [0.1, 0.15) is 55.3 Å². The van der Waals surface area contributed by atoms with Crippen LogP contribution in [0.5, 0.6) is 0 Å². The molecule has 1 aliphatic heterocycles. The van der Waals surface area contributed by atoms with E-state index in [1.165, 1.54) is 4.31 Å². The summed E-state index contributed by atoms with van der Waals surface area (Å²) in [5.41, 5.74) is 3.06. The lowest BCUT2D eigenvalue weighted by Crippen LogP contribution is -2.43. The molecule has 6 nitrogen and oxygen atoms in total. The number of benzene rings is 2. The van der Waals surface area contributed by atoms with E-state index in [0.29, 0.717) is 36.7 Å². The normalized spacial score (nSPS) is 16.3. The fourth-order valence-electron chi connectivity index (χ4n) is 4.35. The summed E-state index contributed by atoms with van der Waals surface area (Å²) in [7, 11) is -3.57. The second-order valence-corrected chi connectivity index (χ2v) is 11.0. The molecule has 34 heavy (non-hydrogen) atoms. The quantitative estimate of drug-likeness (QED) is 0.543. The zero-order valence-electron chi connectivity index (χ0n) is 19.6. The van der Waals surface area contributed by atoms with E-state index in [9.17, 15) is 13.2 Å². The van der Waals surface area contributed by atoms with Crippen molar-refractivity contribution in [2.24, 2.45) is 5.92 Å². The van der Waals surface area contributed by atoms with Crippen molar-refractivity contribution in [2.75, 3.05) is 13.1 Å². The van der Waals surface area contributed by atoms with Crippen LogP contribution in [0, 0.1) is 5.92 Å². The number of hydrogen-bond acceptors (Lipinski definition) is 4. The maximum Gasteiger partial charge on any atom is 0.243 e. The van der Waals surface area contributed by atoms with Gasteiger partial charge >= 0.3 is 0 Å². The highest BCUT2D eigenvalue weighted by Gasteiger charge is 2.33. The second-order valence-electron chi connectivity index (χ2n) is 9.03. The lowest BCUT2D eigenvalue weighted by atomic mass is 9.94. The largest absolute Gasteiger partial charge is 0.345 e. The van der Waals surface area contributed by atoms with E-state index in [-0.39, 0.29) is 17.9 Å². The third-order valence-corrected chi connectivity index (χ3v) is 8.38. The maximum absolute atomic E-state index is 13.2. The molecule has 2 heterocycles. The Morgan fingerprint density at radius 3 is 2.06 bits per heavy atom. The van der Waals surface area contributed by atoms with E-state index in [2.05, 4.69) is 24.1 Å². The molecule has 1 saturated heterocycles. The first-order chi connectivity index (χ1) is 16.4. The Bertz CT molecular complexity index is 1150. The zero-order valence-corrected chi connectivity index (χ0v) is 20.4. The molecular formula is C27H31N3O3S. The number of carbonyl (C=O) groups excluding carboxylic acids is 1. The number of nitrogens with zero attached hydrogens (tertiary/aromatic N) is 2. The van der Waals surface area contributed by atoms with Crippen LogP contribution in [0.15, 0.2) is 84.0 Å². The number of aromatic nitrogens is 1. The molecule has 7 heteroatoms. The number of amides is 1. The molecule has 0 spiro atoms. The summed E-state index contributed by atoms with van der Waals surface area (Å²) in [6.07, 6.45) is 4.42. The minimum absolute atomic E-state index is 0.0519. The van der Waals surface area contributed by atoms with E-state index in [1.807, 2.05) is 54.6 Å². The van der Waals surface area contributed by atoms with Crippen LogP contribution in [-0.4, -0.2) is 36.7 Å². The number of piperidine rings is 1. The van der Waals surface area contributed by atoms with Crippen LogP contribution in [0.4, 0.5) is 0 Å². The number of nitrogens with one attached hydrogen (secondary N) is 1. The van der Waals surface area contributed by atoms with Crippen molar-refractivity contribution >= 4 is 15.9 Å². The van der Waals surface area contributed by atoms with Gasteiger partial charge in [-0.2, -0.15) is 4.31 Å². The van der Waals surface area contributed by atoms with Gasteiger partial charge in [0, 0.05) is 31.4 Å². The number of hydrogen-bond donors (Lipinski definition) is 1. The average molecular weight is 478 g/mol. The Balaban J connectivity index is 1.42. The zero-order chi connectivity index (χ0) is 24.1. The fourth-order valence-corrected chi connectivity index (χ4v) is 5.82. The van der Waals surface area contributed by atoms with Crippen molar-refractivity contribution in [2.45, 2.75) is 43.5 Å². The van der Waals surface area contributed by atoms with Crippen LogP contribution in [0.25, 0.3) is 0 Å². The molecule has 2 aromatic carbocycles. The molecule has 1 aromatic heterocycles. The molecule has 0 bridgehead atoms. The lowest BCUT2D eigenvalue weighted by Gasteiger charge is -2.31. The molecule has 1 N–H and O–H groups in total. The van der Waals surface area contributed by atoms with Crippen LogP contribution >= 0.6 is 0 Å². The predicted molar refractivity (Wildman–Crippen MR) is 133 cm³/mol. The standard InChI is InChI=1S/C27H31N3O3S/c1-20(2)21-8-10-25(11-9-21)34(32,33)30-18-14-24(15-19-30)27(31)29-26(22-6-4-3-5-7-22)23-12-16-28-17-13-23/h3-13,16-17,20,24,26H,14-15,18-19H2,1-2H3,(H,29,31). The molecule has 1 amide bonds. The minimum Gasteiger partial charge on any atom is -0.345 e. The maximum atomic E-state index is 13.2. The highest BCUT2D eigenvalue weighted by atomic mass is 32.2. The van der Waals surface area contributed by atoms with Crippen molar-refractivity contribution in [1.82, 2.24) is 14.6 Å². The number of sulfonamides is 1. The Morgan fingerprint density at radius 2 is 1.47 bits per heavy atom. The molecule has 0 saturated carbocycles. The Hall–Kier alpha value is -3.03. The van der Waals surface area contributed by atoms with E-state index < -0.39 is 10.0 Å². The predicted octanol–water partition coefficient (Wildman–Crippen LogP) is 4.51. The van der Waals surface area contributed by atoms with Gasteiger partial charge < -0.3 is 5.32 Å². The van der Waals surface area contributed by atoms with Crippen molar-refractivity contribution in [3.05, 3.63) is 95.8 Å². The van der Waals surface area contributed by atoms with E-state index in [4.69, 9.17) is 0 Å². The number of pyridine rings is 1. The summed E-state index contributed by atoms with van der Waals surface area (Å²) >= 11 is 0. The third-order valence-electron chi connectivity index (χ3n) is 6.47. The van der Waals surface area contributed by atoms with E-state index >= 15 is 0 Å². The van der Waals surface area contributed by atoms with Crippen LogP contribution in [0.3, 0.4) is 0 Å². The Kier molecular flexibility index (Phi) is 7.44. The fraction of sp³-hybridized carbons (Fsp3) is 0.333. The van der Waals surface area contributed by atoms with Crippen LogP contribution < -0.4 is 5.32 Å². The van der Waals surface area contributed by atoms with Crippen molar-refractivity contribution in [3.63, 3.8) is 0 Å². The van der Waals surface area contributed by atoms with Crippen molar-refractivity contribution in [3.8, 4) is 0 Å². The smallest absolute Gasteiger partial charge is 0.243 e. The summed E-state index contributed by atoms with van der Waals surface area (Å²) in [5, 5.41) is 3.19. The molecular weight excluding hydrogens is 446 g/mol. The SMILES string of the molecule is CC(C)c1ccc(S(=O)(=O)N2CCC(C(=O)NC(c3ccccc3)c3ccncc3)CC2)cc1. The second kappa shape index (κ2) is 10.5. The summed E-state index contributed by atoms with van der Waals surface area (Å²) in [6.45, 7) is 4.82. The van der Waals surface area contributed by atoms with E-state index in [0.717, 1.165) is 16.7 Å². The summed E-state index contributed by atoms with van der Waals surface area (Å²) in [6, 6.07) is 20.5. The molecule has 1 unspecified atom stereocenters. The van der Waals surface area contributed by atoms with Crippen molar-refractivity contribution in [1.29, 1.82) is 0 Å². The van der Waals surface area contributed by atoms with Gasteiger partial charge in [0.15, 0.2) is 0 Å².